The van der Waals surface area contributed by atoms with Gasteiger partial charge in [-0.3, -0.25) is 13.9 Å². The maximum absolute atomic E-state index is 13.6. The van der Waals surface area contributed by atoms with Gasteiger partial charge < -0.3 is 10.2 Å². The molecule has 0 saturated heterocycles. The summed E-state index contributed by atoms with van der Waals surface area (Å²) in [6.45, 7) is 9.49. The quantitative estimate of drug-likeness (QED) is 0.383. The number of carbonyl (C=O) groups excluding carboxylic acids is 2. The molecular formula is C27H37Cl2N3O4S. The molecule has 0 saturated carbocycles. The molecule has 2 amide bonds. The standard InChI is InChI=1S/C27H37Cl2N3O4S/c1-7-23(26(34)30-27(3,4)5)31(18-20-21(28)13-10-14-22(20)29)25(33)16-11-17-32(37(6,35)36)24-15-9-8-12-19(24)2/h8-10,12-15,23H,7,11,16-18H2,1-6H3,(H,30,34)/t23-/m0/s1. The van der Waals surface area contributed by atoms with Crippen LogP contribution in [0.4, 0.5) is 5.69 Å². The number of halogens is 2. The molecule has 0 heterocycles. The highest BCUT2D eigenvalue weighted by Gasteiger charge is 2.31. The lowest BCUT2D eigenvalue weighted by Gasteiger charge is -2.33. The van der Waals surface area contributed by atoms with Crippen LogP contribution >= 0.6 is 23.2 Å². The number of benzene rings is 2. The van der Waals surface area contributed by atoms with Crippen LogP contribution in [0.1, 0.15) is 58.1 Å². The van der Waals surface area contributed by atoms with E-state index in [0.717, 1.165) is 11.8 Å². The van der Waals surface area contributed by atoms with Gasteiger partial charge in [-0.25, -0.2) is 8.42 Å². The molecule has 0 radical (unpaired) electrons. The lowest BCUT2D eigenvalue weighted by molar-refractivity contribution is -0.142. The zero-order valence-corrected chi connectivity index (χ0v) is 24.7. The Balaban J connectivity index is 2.31. The molecule has 204 valence electrons. The predicted octanol–water partition coefficient (Wildman–Crippen LogP) is 5.57. The Kier molecular flexibility index (Phi) is 10.9. The summed E-state index contributed by atoms with van der Waals surface area (Å²) >= 11 is 12.8. The number of carbonyl (C=O) groups is 2. The average molecular weight is 571 g/mol. The first-order chi connectivity index (χ1) is 17.2. The molecule has 2 aromatic carbocycles. The van der Waals surface area contributed by atoms with E-state index in [9.17, 15) is 18.0 Å². The summed E-state index contributed by atoms with van der Waals surface area (Å²) in [7, 11) is -3.56. The second kappa shape index (κ2) is 13.0. The molecule has 0 fully saturated rings. The van der Waals surface area contributed by atoms with Gasteiger partial charge in [0, 0.05) is 40.7 Å². The Morgan fingerprint density at radius 2 is 1.62 bits per heavy atom. The summed E-state index contributed by atoms with van der Waals surface area (Å²) < 4.78 is 26.4. The van der Waals surface area contributed by atoms with Crippen molar-refractivity contribution in [2.45, 2.75) is 72.0 Å². The zero-order chi connectivity index (χ0) is 28.0. The van der Waals surface area contributed by atoms with Gasteiger partial charge in [0.05, 0.1) is 11.9 Å². The highest BCUT2D eigenvalue weighted by molar-refractivity contribution is 7.92. The molecule has 2 aromatic rings. The Bertz CT molecular complexity index is 1190. The lowest BCUT2D eigenvalue weighted by Crippen LogP contribution is -2.53. The summed E-state index contributed by atoms with van der Waals surface area (Å²) in [6, 6.07) is 11.5. The van der Waals surface area contributed by atoms with Crippen molar-refractivity contribution in [3.63, 3.8) is 0 Å². The maximum Gasteiger partial charge on any atom is 0.243 e. The topological polar surface area (TPSA) is 86.8 Å². The minimum atomic E-state index is -3.56. The smallest absolute Gasteiger partial charge is 0.243 e. The highest BCUT2D eigenvalue weighted by Crippen LogP contribution is 2.28. The predicted molar refractivity (Wildman–Crippen MR) is 152 cm³/mol. The van der Waals surface area contributed by atoms with Gasteiger partial charge in [0.2, 0.25) is 21.8 Å². The molecule has 0 aliphatic rings. The fraction of sp³-hybridized carbons (Fsp3) is 0.481. The van der Waals surface area contributed by atoms with Crippen LogP contribution in [0.5, 0.6) is 0 Å². The molecule has 1 N–H and O–H groups in total. The Hall–Kier alpha value is -2.29. The van der Waals surface area contributed by atoms with Gasteiger partial charge in [0.25, 0.3) is 0 Å². The number of rotatable bonds is 11. The second-order valence-corrected chi connectivity index (χ2v) is 12.8. The number of amides is 2. The SMILES string of the molecule is CC[C@@H](C(=O)NC(C)(C)C)N(Cc1c(Cl)cccc1Cl)C(=O)CCCN(c1ccccc1C)S(C)(=O)=O. The number of nitrogens with one attached hydrogen (secondary N) is 1. The first kappa shape index (κ1) is 30.9. The molecule has 7 nitrogen and oxygen atoms in total. The van der Waals surface area contributed by atoms with Crippen LogP contribution in [0.25, 0.3) is 0 Å². The van der Waals surface area contributed by atoms with E-state index in [1.165, 1.54) is 9.21 Å². The third-order valence-corrected chi connectivity index (χ3v) is 7.70. The van der Waals surface area contributed by atoms with Crippen LogP contribution < -0.4 is 9.62 Å². The van der Waals surface area contributed by atoms with Crippen molar-refractivity contribution < 1.29 is 18.0 Å². The molecule has 37 heavy (non-hydrogen) atoms. The molecule has 0 unspecified atom stereocenters. The Labute approximate surface area is 231 Å². The van der Waals surface area contributed by atoms with Crippen molar-refractivity contribution >= 4 is 50.7 Å². The molecule has 0 spiro atoms. The summed E-state index contributed by atoms with van der Waals surface area (Å²) in [6.07, 6.45) is 1.84. The fourth-order valence-electron chi connectivity index (χ4n) is 4.05. The molecule has 2 rings (SSSR count). The van der Waals surface area contributed by atoms with Gasteiger partial charge >= 0.3 is 0 Å². The van der Waals surface area contributed by atoms with Crippen molar-refractivity contribution in [2.24, 2.45) is 0 Å². The number of nitrogens with zero attached hydrogens (tertiary/aromatic N) is 2. The maximum atomic E-state index is 13.6. The molecule has 1 atom stereocenters. The van der Waals surface area contributed by atoms with E-state index in [1.54, 1.807) is 30.3 Å². The Morgan fingerprint density at radius 1 is 1.03 bits per heavy atom. The number of aryl methyl sites for hydroxylation is 1. The number of hydrogen-bond donors (Lipinski definition) is 1. The zero-order valence-electron chi connectivity index (χ0n) is 22.3. The minimum absolute atomic E-state index is 0.0409. The van der Waals surface area contributed by atoms with Crippen LogP contribution in [0, 0.1) is 6.92 Å². The molecule has 10 heteroatoms. The van der Waals surface area contributed by atoms with E-state index < -0.39 is 21.6 Å². The van der Waals surface area contributed by atoms with Crippen LogP contribution in [-0.4, -0.2) is 49.5 Å². The van der Waals surface area contributed by atoms with E-state index in [1.807, 2.05) is 46.8 Å². The molecular weight excluding hydrogens is 533 g/mol. The van der Waals surface area contributed by atoms with E-state index in [0.29, 0.717) is 27.7 Å². The monoisotopic (exact) mass is 569 g/mol. The van der Waals surface area contributed by atoms with Gasteiger partial charge in [-0.15, -0.1) is 0 Å². The van der Waals surface area contributed by atoms with Crippen LogP contribution in [0.2, 0.25) is 10.0 Å². The second-order valence-electron chi connectivity index (χ2n) is 10.1. The largest absolute Gasteiger partial charge is 0.350 e. The van der Waals surface area contributed by atoms with Crippen LogP contribution in [-0.2, 0) is 26.2 Å². The van der Waals surface area contributed by atoms with Crippen molar-refractivity contribution in [3.05, 3.63) is 63.6 Å². The molecule has 0 bridgehead atoms. The normalized spacial score (nSPS) is 12.6. The van der Waals surface area contributed by atoms with Gasteiger partial charge in [0.15, 0.2) is 0 Å². The summed E-state index contributed by atoms with van der Waals surface area (Å²) in [5.74, 6) is -0.561. The summed E-state index contributed by atoms with van der Waals surface area (Å²) in [5, 5.41) is 3.76. The summed E-state index contributed by atoms with van der Waals surface area (Å²) in [4.78, 5) is 28.2. The van der Waals surface area contributed by atoms with Crippen LogP contribution in [0.15, 0.2) is 42.5 Å². The highest BCUT2D eigenvalue weighted by atomic mass is 35.5. The van der Waals surface area contributed by atoms with Gasteiger partial charge in [-0.1, -0.05) is 54.4 Å². The Morgan fingerprint density at radius 3 is 2.14 bits per heavy atom. The fourth-order valence-corrected chi connectivity index (χ4v) is 5.59. The van der Waals surface area contributed by atoms with Gasteiger partial charge in [-0.05, 0) is 64.3 Å². The van der Waals surface area contributed by atoms with E-state index in [2.05, 4.69) is 5.32 Å². The number of hydrogen-bond acceptors (Lipinski definition) is 4. The lowest BCUT2D eigenvalue weighted by atomic mass is 10.0. The number of para-hydroxylation sites is 1. The molecule has 0 aromatic heterocycles. The van der Waals surface area contributed by atoms with E-state index in [4.69, 9.17) is 23.2 Å². The van der Waals surface area contributed by atoms with Crippen molar-refractivity contribution in [3.8, 4) is 0 Å². The number of sulfonamides is 1. The van der Waals surface area contributed by atoms with Crippen molar-refractivity contribution in [2.75, 3.05) is 17.1 Å². The average Bonchev–Trinajstić information content (AvgIpc) is 2.77. The minimum Gasteiger partial charge on any atom is -0.350 e. The van der Waals surface area contributed by atoms with Crippen LogP contribution in [0.3, 0.4) is 0 Å². The van der Waals surface area contributed by atoms with E-state index in [-0.39, 0.29) is 37.7 Å². The van der Waals surface area contributed by atoms with Gasteiger partial charge in [-0.2, -0.15) is 0 Å². The summed E-state index contributed by atoms with van der Waals surface area (Å²) in [5.41, 5.74) is 1.47. The third kappa shape index (κ3) is 8.90. The van der Waals surface area contributed by atoms with Crippen molar-refractivity contribution in [1.82, 2.24) is 10.2 Å². The van der Waals surface area contributed by atoms with E-state index >= 15 is 0 Å². The molecule has 0 aliphatic carbocycles. The first-order valence-electron chi connectivity index (χ1n) is 12.2. The van der Waals surface area contributed by atoms with Gasteiger partial charge in [0.1, 0.15) is 6.04 Å². The third-order valence-electron chi connectivity index (χ3n) is 5.81. The molecule has 0 aliphatic heterocycles. The first-order valence-corrected chi connectivity index (χ1v) is 14.8. The number of anilines is 1. The van der Waals surface area contributed by atoms with Crippen molar-refractivity contribution in [1.29, 1.82) is 0 Å².